The van der Waals surface area contributed by atoms with E-state index in [2.05, 4.69) is 0 Å². The SMILES string of the molecule is OCC1OC(O[C@@H]2O[C@H](CO)[C@H](O)[C@H](O)[C@H]2O)C(O)C(O)C1O. The fourth-order valence-corrected chi connectivity index (χ4v) is 2.49. The molecular formula is C12H22O11. The fraction of sp³-hybridized carbons (Fsp3) is 1.00. The molecule has 0 bridgehead atoms. The molecule has 2 aliphatic rings. The van der Waals surface area contributed by atoms with Crippen molar-refractivity contribution in [3.05, 3.63) is 0 Å². The van der Waals surface area contributed by atoms with E-state index in [-0.39, 0.29) is 0 Å². The Balaban J connectivity index is 2.07. The molecule has 5 unspecified atom stereocenters. The van der Waals surface area contributed by atoms with Crippen LogP contribution in [0.5, 0.6) is 0 Å². The van der Waals surface area contributed by atoms with Crippen LogP contribution in [0.2, 0.25) is 0 Å². The number of ether oxygens (including phenoxy) is 3. The molecule has 0 radical (unpaired) electrons. The van der Waals surface area contributed by atoms with Gasteiger partial charge in [0.25, 0.3) is 0 Å². The number of rotatable bonds is 4. The highest BCUT2D eigenvalue weighted by atomic mass is 16.8. The lowest BCUT2D eigenvalue weighted by atomic mass is 9.98. The zero-order valence-electron chi connectivity index (χ0n) is 12.0. The van der Waals surface area contributed by atoms with Gasteiger partial charge in [-0.05, 0) is 0 Å². The van der Waals surface area contributed by atoms with Crippen molar-refractivity contribution in [1.29, 1.82) is 0 Å². The summed E-state index contributed by atoms with van der Waals surface area (Å²) in [5, 5.41) is 76.4. The zero-order valence-corrected chi connectivity index (χ0v) is 12.0. The van der Waals surface area contributed by atoms with Crippen LogP contribution in [0.3, 0.4) is 0 Å². The van der Waals surface area contributed by atoms with Gasteiger partial charge in [0.15, 0.2) is 12.6 Å². The topological polar surface area (TPSA) is 190 Å². The van der Waals surface area contributed by atoms with Gasteiger partial charge in [0.1, 0.15) is 48.8 Å². The van der Waals surface area contributed by atoms with Crippen molar-refractivity contribution in [1.82, 2.24) is 0 Å². The van der Waals surface area contributed by atoms with Gasteiger partial charge in [0, 0.05) is 0 Å². The van der Waals surface area contributed by atoms with Gasteiger partial charge in [-0.1, -0.05) is 0 Å². The molecule has 136 valence electrons. The third-order valence-corrected chi connectivity index (χ3v) is 3.97. The minimum atomic E-state index is -1.72. The Kier molecular flexibility index (Phi) is 6.27. The number of hydrogen-bond donors (Lipinski definition) is 8. The summed E-state index contributed by atoms with van der Waals surface area (Å²) in [5.41, 5.74) is 0. The maximum Gasteiger partial charge on any atom is 0.189 e. The number of aliphatic hydroxyl groups excluding tert-OH is 8. The van der Waals surface area contributed by atoms with Crippen molar-refractivity contribution in [2.45, 2.75) is 61.4 Å². The summed E-state index contributed by atoms with van der Waals surface area (Å²) in [7, 11) is 0. The second-order valence-electron chi connectivity index (χ2n) is 5.53. The first-order valence-electron chi connectivity index (χ1n) is 7.08. The predicted octanol–water partition coefficient (Wildman–Crippen LogP) is -5.40. The molecule has 2 rings (SSSR count). The van der Waals surface area contributed by atoms with Crippen LogP contribution in [0.4, 0.5) is 0 Å². The number of aliphatic hydroxyl groups is 8. The Bertz CT molecular complexity index is 344. The first-order valence-corrected chi connectivity index (χ1v) is 7.08. The normalized spacial score (nSPS) is 51.7. The maximum atomic E-state index is 9.84. The van der Waals surface area contributed by atoms with Crippen molar-refractivity contribution in [2.24, 2.45) is 0 Å². The Morgan fingerprint density at radius 1 is 0.565 bits per heavy atom. The molecular weight excluding hydrogens is 320 g/mol. The van der Waals surface area contributed by atoms with Crippen molar-refractivity contribution in [3.8, 4) is 0 Å². The molecule has 0 aliphatic carbocycles. The molecule has 2 saturated heterocycles. The Hall–Kier alpha value is -0.440. The van der Waals surface area contributed by atoms with Gasteiger partial charge in [-0.2, -0.15) is 0 Å². The van der Waals surface area contributed by atoms with Crippen LogP contribution in [-0.4, -0.2) is 115 Å². The third kappa shape index (κ3) is 3.65. The van der Waals surface area contributed by atoms with E-state index >= 15 is 0 Å². The van der Waals surface area contributed by atoms with Crippen LogP contribution in [0.25, 0.3) is 0 Å². The van der Waals surface area contributed by atoms with E-state index in [9.17, 15) is 30.6 Å². The minimum Gasteiger partial charge on any atom is -0.394 e. The summed E-state index contributed by atoms with van der Waals surface area (Å²) in [6, 6.07) is 0. The molecule has 0 aromatic heterocycles. The highest BCUT2D eigenvalue weighted by molar-refractivity contribution is 4.92. The van der Waals surface area contributed by atoms with Crippen LogP contribution in [-0.2, 0) is 14.2 Å². The molecule has 0 aromatic rings. The summed E-state index contributed by atoms with van der Waals surface area (Å²) in [4.78, 5) is 0. The molecule has 10 atom stereocenters. The lowest BCUT2D eigenvalue weighted by molar-refractivity contribution is -0.376. The second kappa shape index (κ2) is 7.63. The molecule has 0 amide bonds. The molecule has 2 heterocycles. The Morgan fingerprint density at radius 3 is 1.22 bits per heavy atom. The van der Waals surface area contributed by atoms with E-state index in [1.54, 1.807) is 0 Å². The monoisotopic (exact) mass is 342 g/mol. The molecule has 11 heteroatoms. The first kappa shape index (κ1) is 18.9. The van der Waals surface area contributed by atoms with Crippen LogP contribution < -0.4 is 0 Å². The molecule has 0 saturated carbocycles. The third-order valence-electron chi connectivity index (χ3n) is 3.97. The van der Waals surface area contributed by atoms with Gasteiger partial charge < -0.3 is 55.1 Å². The van der Waals surface area contributed by atoms with Crippen molar-refractivity contribution in [3.63, 3.8) is 0 Å². The van der Waals surface area contributed by atoms with Gasteiger partial charge in [-0.15, -0.1) is 0 Å². The molecule has 2 fully saturated rings. The maximum absolute atomic E-state index is 9.84. The second-order valence-corrected chi connectivity index (χ2v) is 5.53. The summed E-state index contributed by atoms with van der Waals surface area (Å²) in [5.74, 6) is 0. The van der Waals surface area contributed by atoms with Crippen LogP contribution in [0, 0.1) is 0 Å². The van der Waals surface area contributed by atoms with Crippen molar-refractivity contribution < 1.29 is 55.1 Å². The Morgan fingerprint density at radius 2 is 0.913 bits per heavy atom. The zero-order chi connectivity index (χ0) is 17.3. The summed E-state index contributed by atoms with van der Waals surface area (Å²) in [6.45, 7) is -1.33. The van der Waals surface area contributed by atoms with Crippen molar-refractivity contribution in [2.75, 3.05) is 13.2 Å². The fourth-order valence-electron chi connectivity index (χ4n) is 2.49. The minimum absolute atomic E-state index is 0.667. The van der Waals surface area contributed by atoms with E-state index in [1.807, 2.05) is 0 Å². The predicted molar refractivity (Wildman–Crippen MR) is 68.6 cm³/mol. The average Bonchev–Trinajstić information content (AvgIpc) is 2.55. The highest BCUT2D eigenvalue weighted by Gasteiger charge is 2.49. The first-order chi connectivity index (χ1) is 10.8. The molecule has 0 aromatic carbocycles. The standard InChI is InChI=1S/C12H22O11/c13-1-3-5(15)7(17)9(19)11(21-3)23-12-10(20)8(18)6(16)4(2-14)22-12/h3-20H,1-2H2/t3-,4?,5+,6?,7+,8?,9-,10?,11+,12?/m1/s1. The smallest absolute Gasteiger partial charge is 0.189 e. The molecule has 2 aliphatic heterocycles. The van der Waals surface area contributed by atoms with E-state index in [0.29, 0.717) is 0 Å². The molecule has 23 heavy (non-hydrogen) atoms. The van der Waals surface area contributed by atoms with E-state index < -0.39 is 74.6 Å². The summed E-state index contributed by atoms with van der Waals surface area (Å²) >= 11 is 0. The Labute approximate surface area is 130 Å². The van der Waals surface area contributed by atoms with Gasteiger partial charge in [-0.25, -0.2) is 0 Å². The van der Waals surface area contributed by atoms with Crippen LogP contribution >= 0.6 is 0 Å². The largest absolute Gasteiger partial charge is 0.394 e. The summed E-state index contributed by atoms with van der Waals surface area (Å²) in [6.07, 6.45) is -15.6. The molecule has 0 spiro atoms. The summed E-state index contributed by atoms with van der Waals surface area (Å²) < 4.78 is 15.3. The van der Waals surface area contributed by atoms with E-state index in [1.165, 1.54) is 0 Å². The van der Waals surface area contributed by atoms with E-state index in [4.69, 9.17) is 24.4 Å². The highest BCUT2D eigenvalue weighted by Crippen LogP contribution is 2.27. The molecule has 11 nitrogen and oxygen atoms in total. The van der Waals surface area contributed by atoms with Gasteiger partial charge >= 0.3 is 0 Å². The number of hydrogen-bond acceptors (Lipinski definition) is 11. The average molecular weight is 342 g/mol. The van der Waals surface area contributed by atoms with Gasteiger partial charge in [-0.3, -0.25) is 0 Å². The molecule has 8 N–H and O–H groups in total. The van der Waals surface area contributed by atoms with Crippen LogP contribution in [0.15, 0.2) is 0 Å². The quantitative estimate of drug-likeness (QED) is 0.243. The lowest BCUT2D eigenvalue weighted by Crippen LogP contribution is -2.63. The van der Waals surface area contributed by atoms with Gasteiger partial charge in [0.05, 0.1) is 13.2 Å². The van der Waals surface area contributed by atoms with Gasteiger partial charge in [0.2, 0.25) is 0 Å². The van der Waals surface area contributed by atoms with Crippen LogP contribution in [0.1, 0.15) is 0 Å². The van der Waals surface area contributed by atoms with E-state index in [0.717, 1.165) is 0 Å². The lowest BCUT2D eigenvalue weighted by Gasteiger charge is -2.44. The van der Waals surface area contributed by atoms with Crippen molar-refractivity contribution >= 4 is 0 Å².